The number of amides is 1. The summed E-state index contributed by atoms with van der Waals surface area (Å²) in [5.74, 6) is 4.99. The summed E-state index contributed by atoms with van der Waals surface area (Å²) in [6, 6.07) is 0. The number of halogens is 1. The van der Waals surface area contributed by atoms with Crippen LogP contribution < -0.4 is 22.3 Å². The van der Waals surface area contributed by atoms with E-state index in [4.69, 9.17) is 0 Å². The Morgan fingerprint density at radius 1 is 1.08 bits per heavy atom. The zero-order chi connectivity index (χ0) is 25.4. The number of aliphatic hydroxyl groups excluding tert-OH is 1. The largest absolute Gasteiger partial charge is 1.00 e. The summed E-state index contributed by atoms with van der Waals surface area (Å²) in [5.41, 5.74) is 0.921. The molecule has 0 saturated heterocycles. The van der Waals surface area contributed by atoms with Crippen molar-refractivity contribution < 1.29 is 31.4 Å². The van der Waals surface area contributed by atoms with Crippen LogP contribution in [0.1, 0.15) is 91.4 Å². The molecular formula is C31H55BrN2O2. The minimum absolute atomic E-state index is 0. The lowest BCUT2D eigenvalue weighted by Crippen LogP contribution is -3.00. The van der Waals surface area contributed by atoms with E-state index in [-0.39, 0.29) is 29.0 Å². The molecule has 0 aromatic carbocycles. The maximum Gasteiger partial charge on any atom is 0.220 e. The summed E-state index contributed by atoms with van der Waals surface area (Å²) in [6.45, 7) is 14.1. The smallest absolute Gasteiger partial charge is 0.220 e. The average Bonchev–Trinajstić information content (AvgIpc) is 3.15. The molecule has 4 rings (SSSR count). The second-order valence-corrected chi connectivity index (χ2v) is 14.3. The Kier molecular flexibility index (Phi) is 9.87. The Labute approximate surface area is 232 Å². The third kappa shape index (κ3) is 5.93. The molecule has 4 fully saturated rings. The maximum absolute atomic E-state index is 12.6. The molecule has 0 aliphatic heterocycles. The fourth-order valence-electron chi connectivity index (χ4n) is 9.80. The molecule has 4 unspecified atom stereocenters. The van der Waals surface area contributed by atoms with Crippen LogP contribution in [-0.4, -0.2) is 55.3 Å². The maximum atomic E-state index is 12.6. The predicted molar refractivity (Wildman–Crippen MR) is 145 cm³/mol. The summed E-state index contributed by atoms with van der Waals surface area (Å²) in [4.78, 5) is 12.6. The number of quaternary nitrogens is 1. The monoisotopic (exact) mass is 566 g/mol. The Morgan fingerprint density at radius 3 is 2.50 bits per heavy atom. The number of hydrogen-bond acceptors (Lipinski definition) is 2. The molecule has 0 bridgehead atoms. The lowest BCUT2D eigenvalue weighted by molar-refractivity contribution is -0.883. The Bertz CT molecular complexity index is 772. The topological polar surface area (TPSA) is 49.3 Å². The molecular weight excluding hydrogens is 512 g/mol. The van der Waals surface area contributed by atoms with Gasteiger partial charge in [0.15, 0.2) is 0 Å². The van der Waals surface area contributed by atoms with Crippen LogP contribution in [0.5, 0.6) is 0 Å². The zero-order valence-corrected chi connectivity index (χ0v) is 25.5. The van der Waals surface area contributed by atoms with Crippen LogP contribution in [0.3, 0.4) is 0 Å². The first-order valence-corrected chi connectivity index (χ1v) is 14.9. The van der Waals surface area contributed by atoms with E-state index in [9.17, 15) is 9.90 Å². The van der Waals surface area contributed by atoms with E-state index in [2.05, 4.69) is 46.8 Å². The molecule has 0 spiro atoms. The molecule has 4 aliphatic rings. The molecule has 208 valence electrons. The van der Waals surface area contributed by atoms with Crippen molar-refractivity contribution in [2.24, 2.45) is 46.3 Å². The number of likely N-dealkylation sites (N-methyl/N-ethyl adjacent to an activating group) is 1. The standard InChI is InChI=1S/C31H54N2O2.BrH/c1-7-19-33(5,6)20-18-32-29(35)13-8-22(2)26-11-12-27-25-10-9-23-21-24(34)14-16-30(23,3)28(25)15-17-31(26,27)4;/h7,22-28,34H,1,8-21H2,2-6H3;1H/t22-,23?,24-,25?,26-,27?,28?,30+,31-;/m1./s1. The second kappa shape index (κ2) is 11.8. The summed E-state index contributed by atoms with van der Waals surface area (Å²) >= 11 is 0. The fourth-order valence-corrected chi connectivity index (χ4v) is 9.80. The molecule has 0 heterocycles. The Hall–Kier alpha value is -0.390. The third-order valence-electron chi connectivity index (χ3n) is 11.9. The van der Waals surface area contributed by atoms with Crippen molar-refractivity contribution in [3.05, 3.63) is 12.7 Å². The van der Waals surface area contributed by atoms with Gasteiger partial charge in [-0.1, -0.05) is 27.4 Å². The second-order valence-electron chi connectivity index (χ2n) is 14.3. The van der Waals surface area contributed by atoms with E-state index >= 15 is 0 Å². The minimum Gasteiger partial charge on any atom is -1.00 e. The molecule has 0 radical (unpaired) electrons. The lowest BCUT2D eigenvalue weighted by atomic mass is 9.44. The van der Waals surface area contributed by atoms with Gasteiger partial charge < -0.3 is 31.9 Å². The molecule has 4 nitrogen and oxygen atoms in total. The van der Waals surface area contributed by atoms with Crippen molar-refractivity contribution in [2.45, 2.75) is 97.5 Å². The first-order valence-electron chi connectivity index (χ1n) is 14.9. The number of carbonyl (C=O) groups is 1. The van der Waals surface area contributed by atoms with E-state index in [0.29, 0.717) is 23.2 Å². The predicted octanol–water partition coefficient (Wildman–Crippen LogP) is 2.81. The van der Waals surface area contributed by atoms with Crippen LogP contribution in [0, 0.1) is 46.3 Å². The highest BCUT2D eigenvalue weighted by Gasteiger charge is 2.60. The van der Waals surface area contributed by atoms with Crippen molar-refractivity contribution in [3.8, 4) is 0 Å². The van der Waals surface area contributed by atoms with E-state index in [1.54, 1.807) is 0 Å². The third-order valence-corrected chi connectivity index (χ3v) is 11.9. The fraction of sp³-hybridized carbons (Fsp3) is 0.903. The molecule has 4 saturated carbocycles. The van der Waals surface area contributed by atoms with Gasteiger partial charge in [0.2, 0.25) is 5.91 Å². The average molecular weight is 568 g/mol. The van der Waals surface area contributed by atoms with Crippen LogP contribution in [0.4, 0.5) is 0 Å². The normalized spacial score (nSPS) is 40.7. The number of hydrogen-bond donors (Lipinski definition) is 2. The highest BCUT2D eigenvalue weighted by atomic mass is 79.9. The van der Waals surface area contributed by atoms with Gasteiger partial charge in [-0.25, -0.2) is 0 Å². The quantitative estimate of drug-likeness (QED) is 0.333. The summed E-state index contributed by atoms with van der Waals surface area (Å²) in [5, 5.41) is 13.5. The van der Waals surface area contributed by atoms with Gasteiger partial charge in [-0.15, -0.1) is 0 Å². The van der Waals surface area contributed by atoms with Crippen molar-refractivity contribution in [3.63, 3.8) is 0 Å². The summed E-state index contributed by atoms with van der Waals surface area (Å²) in [7, 11) is 4.37. The summed E-state index contributed by atoms with van der Waals surface area (Å²) in [6.07, 6.45) is 15.2. The van der Waals surface area contributed by atoms with Gasteiger partial charge in [-0.2, -0.15) is 0 Å². The molecule has 4 aliphatic carbocycles. The van der Waals surface area contributed by atoms with Crippen LogP contribution in [0.25, 0.3) is 0 Å². The van der Waals surface area contributed by atoms with Crippen LogP contribution in [-0.2, 0) is 4.79 Å². The van der Waals surface area contributed by atoms with Gasteiger partial charge in [0.1, 0.15) is 0 Å². The van der Waals surface area contributed by atoms with Gasteiger partial charge in [-0.05, 0) is 117 Å². The van der Waals surface area contributed by atoms with Crippen LogP contribution in [0.15, 0.2) is 12.7 Å². The molecule has 5 heteroatoms. The molecule has 2 N–H and O–H groups in total. The molecule has 0 aromatic heterocycles. The Morgan fingerprint density at radius 2 is 1.78 bits per heavy atom. The number of aliphatic hydroxyl groups is 1. The molecule has 9 atom stereocenters. The van der Waals surface area contributed by atoms with Crippen molar-refractivity contribution in [1.82, 2.24) is 5.32 Å². The van der Waals surface area contributed by atoms with E-state index < -0.39 is 0 Å². The first-order chi connectivity index (χ1) is 16.5. The van der Waals surface area contributed by atoms with Gasteiger partial charge in [-0.3, -0.25) is 4.79 Å². The molecule has 1 amide bonds. The highest BCUT2D eigenvalue weighted by molar-refractivity contribution is 5.75. The lowest BCUT2D eigenvalue weighted by Gasteiger charge is -2.61. The first kappa shape index (κ1) is 30.2. The van der Waals surface area contributed by atoms with E-state index in [1.165, 1.54) is 44.9 Å². The van der Waals surface area contributed by atoms with Gasteiger partial charge >= 0.3 is 0 Å². The molecule has 36 heavy (non-hydrogen) atoms. The van der Waals surface area contributed by atoms with E-state index in [0.717, 1.165) is 73.0 Å². The Balaban J connectivity index is 0.00000361. The van der Waals surface area contributed by atoms with Gasteiger partial charge in [0.05, 0.1) is 39.8 Å². The highest BCUT2D eigenvalue weighted by Crippen LogP contribution is 2.68. The van der Waals surface area contributed by atoms with Gasteiger partial charge in [0, 0.05) is 6.42 Å². The zero-order valence-electron chi connectivity index (χ0n) is 23.9. The minimum atomic E-state index is -0.0508. The van der Waals surface area contributed by atoms with Gasteiger partial charge in [0.25, 0.3) is 0 Å². The number of carbonyl (C=O) groups excluding carboxylic acids is 1. The van der Waals surface area contributed by atoms with Crippen LogP contribution in [0.2, 0.25) is 0 Å². The van der Waals surface area contributed by atoms with Crippen molar-refractivity contribution in [1.29, 1.82) is 0 Å². The summed E-state index contributed by atoms with van der Waals surface area (Å²) < 4.78 is 0.866. The van der Waals surface area contributed by atoms with Crippen molar-refractivity contribution >= 4 is 5.91 Å². The SMILES string of the molecule is C=CC[N+](C)(C)CCNC(=O)CC[C@@H](C)[C@H]1CCC2C3CCC4C[C@H](O)CC[C@]4(C)C3CC[C@@]21C.[Br-]. The number of fused-ring (bicyclic) bond motifs is 5. The van der Waals surface area contributed by atoms with Crippen molar-refractivity contribution in [2.75, 3.05) is 33.7 Å². The number of rotatable bonds is 9. The van der Waals surface area contributed by atoms with E-state index in [1.807, 2.05) is 6.08 Å². The number of nitrogens with one attached hydrogen (secondary N) is 1. The van der Waals surface area contributed by atoms with Crippen LogP contribution >= 0.6 is 0 Å². The number of nitrogens with zero attached hydrogens (tertiary/aromatic N) is 1. The molecule has 0 aromatic rings.